The smallest absolute Gasteiger partial charge is 0.256 e. The molecule has 9 heteroatoms. The first kappa shape index (κ1) is 19.5. The number of nitrogens with zero attached hydrogens (tertiary/aromatic N) is 1. The Bertz CT molecular complexity index is 632. The van der Waals surface area contributed by atoms with Gasteiger partial charge in [0.1, 0.15) is 0 Å². The highest BCUT2D eigenvalue weighted by molar-refractivity contribution is 7.77. The van der Waals surface area contributed by atoms with Crippen molar-refractivity contribution in [3.8, 4) is 11.5 Å². The Hall–Kier alpha value is -1.84. The number of nitrogens with two attached hydrogens (primary N) is 1. The first-order chi connectivity index (χ1) is 12.0. The highest BCUT2D eigenvalue weighted by Crippen LogP contribution is 2.33. The molecule has 2 rings (SSSR count). The van der Waals surface area contributed by atoms with E-state index in [4.69, 9.17) is 15.2 Å². The number of nitrogens with one attached hydrogen (secondary N) is 1. The fourth-order valence-corrected chi connectivity index (χ4v) is 3.31. The number of carbonyl (C=O) groups is 1. The van der Waals surface area contributed by atoms with Gasteiger partial charge < -0.3 is 24.7 Å². The summed E-state index contributed by atoms with van der Waals surface area (Å²) in [6.45, 7) is 1.67. The van der Waals surface area contributed by atoms with Gasteiger partial charge in [0.2, 0.25) is 0 Å². The quantitative estimate of drug-likeness (QED) is 0.544. The van der Waals surface area contributed by atoms with E-state index >= 15 is 0 Å². The van der Waals surface area contributed by atoms with Gasteiger partial charge in [-0.15, -0.1) is 0 Å². The first-order valence-corrected chi connectivity index (χ1v) is 9.17. The molecule has 1 amide bonds. The van der Waals surface area contributed by atoms with Crippen LogP contribution in [0.5, 0.6) is 11.5 Å². The maximum absolute atomic E-state index is 12.8. The lowest BCUT2D eigenvalue weighted by atomic mass is 9.93. The second-order valence-electron chi connectivity index (χ2n) is 5.95. The second kappa shape index (κ2) is 9.02. The zero-order valence-corrected chi connectivity index (χ0v) is 15.3. The van der Waals surface area contributed by atoms with Crippen LogP contribution < -0.4 is 19.9 Å². The van der Waals surface area contributed by atoms with Crippen molar-refractivity contribution in [3.05, 3.63) is 17.7 Å². The van der Waals surface area contributed by atoms with Gasteiger partial charge in [-0.1, -0.05) is 0 Å². The van der Waals surface area contributed by atoms with Crippen LogP contribution in [0.4, 0.5) is 5.69 Å². The van der Waals surface area contributed by atoms with Crippen molar-refractivity contribution in [2.24, 2.45) is 5.92 Å². The molecule has 140 valence electrons. The summed E-state index contributed by atoms with van der Waals surface area (Å²) >= 11 is -2.22. The molecule has 0 radical (unpaired) electrons. The molecular formula is C16H24N3O5S-. The molecule has 1 aliphatic rings. The minimum Gasteiger partial charge on any atom is -0.760 e. The van der Waals surface area contributed by atoms with E-state index in [9.17, 15) is 13.6 Å². The van der Waals surface area contributed by atoms with Crippen molar-refractivity contribution < 1.29 is 23.0 Å². The van der Waals surface area contributed by atoms with Crippen LogP contribution in [0.25, 0.3) is 0 Å². The summed E-state index contributed by atoms with van der Waals surface area (Å²) in [5.41, 5.74) is 6.76. The lowest BCUT2D eigenvalue weighted by Gasteiger charge is -2.32. The van der Waals surface area contributed by atoms with Crippen molar-refractivity contribution in [2.45, 2.75) is 19.3 Å². The number of piperidine rings is 1. The average Bonchev–Trinajstić information content (AvgIpc) is 2.61. The Morgan fingerprint density at radius 3 is 2.48 bits per heavy atom. The van der Waals surface area contributed by atoms with Gasteiger partial charge in [-0.2, -0.15) is 0 Å². The number of anilines is 1. The number of carbonyl (C=O) groups excluding carboxylic acids is 1. The molecular weight excluding hydrogens is 346 g/mol. The minimum absolute atomic E-state index is 0.129. The number of benzene rings is 1. The van der Waals surface area contributed by atoms with Gasteiger partial charge in [0, 0.05) is 42.7 Å². The fourth-order valence-electron chi connectivity index (χ4n) is 3.02. The predicted octanol–water partition coefficient (Wildman–Crippen LogP) is 0.912. The zero-order chi connectivity index (χ0) is 18.4. The number of methoxy groups -OCH3 is 2. The summed E-state index contributed by atoms with van der Waals surface area (Å²) in [5.74, 6) is 1.23. The summed E-state index contributed by atoms with van der Waals surface area (Å²) in [5, 5.41) is 0. The number of likely N-dealkylation sites (tertiary alicyclic amines) is 1. The van der Waals surface area contributed by atoms with Gasteiger partial charge in [-0.05, 0) is 31.2 Å². The molecule has 0 saturated carbocycles. The highest BCUT2D eigenvalue weighted by Gasteiger charge is 2.25. The van der Waals surface area contributed by atoms with E-state index in [1.54, 1.807) is 17.0 Å². The maximum atomic E-state index is 12.8. The summed E-state index contributed by atoms with van der Waals surface area (Å²) in [4.78, 5) is 14.5. The minimum atomic E-state index is -2.22. The fraction of sp³-hybridized carbons (Fsp3) is 0.562. The number of ether oxygens (including phenoxy) is 2. The number of hydrogen-bond acceptors (Lipinski definition) is 6. The maximum Gasteiger partial charge on any atom is 0.256 e. The lowest BCUT2D eigenvalue weighted by Crippen LogP contribution is -2.39. The summed E-state index contributed by atoms with van der Waals surface area (Å²) in [6.07, 6.45) is 2.45. The van der Waals surface area contributed by atoms with Crippen molar-refractivity contribution in [1.82, 2.24) is 9.62 Å². The SMILES string of the molecule is COc1cc(N)c(C(=O)N2CCC(CCNS(=O)[O-])CC2)cc1OC. The molecule has 1 saturated heterocycles. The molecule has 25 heavy (non-hydrogen) atoms. The third-order valence-electron chi connectivity index (χ3n) is 4.46. The van der Waals surface area contributed by atoms with E-state index in [-0.39, 0.29) is 5.91 Å². The molecule has 1 heterocycles. The molecule has 0 bridgehead atoms. The third-order valence-corrected chi connectivity index (χ3v) is 4.90. The van der Waals surface area contributed by atoms with Gasteiger partial charge in [-0.25, -0.2) is 4.72 Å². The Morgan fingerprint density at radius 1 is 1.32 bits per heavy atom. The van der Waals surface area contributed by atoms with E-state index in [1.165, 1.54) is 14.2 Å². The standard InChI is InChI=1S/C16H25N3O5S/c1-23-14-9-12(13(17)10-15(14)24-2)16(20)19-7-4-11(5-8-19)3-6-18-25(21)22/h9-11,18H,3-8,17H2,1-2H3,(H,21,22)/p-1. The first-order valence-electron chi connectivity index (χ1n) is 8.09. The van der Waals surface area contributed by atoms with Crippen LogP contribution >= 0.6 is 0 Å². The van der Waals surface area contributed by atoms with Crippen LogP contribution in [0, 0.1) is 5.92 Å². The van der Waals surface area contributed by atoms with Crippen molar-refractivity contribution in [1.29, 1.82) is 0 Å². The number of nitrogen functional groups attached to an aromatic ring is 1. The van der Waals surface area contributed by atoms with Gasteiger partial charge in [0.15, 0.2) is 11.5 Å². The topological polar surface area (TPSA) is 117 Å². The van der Waals surface area contributed by atoms with Gasteiger partial charge in [-0.3, -0.25) is 9.00 Å². The van der Waals surface area contributed by atoms with Crippen LogP contribution in [0.3, 0.4) is 0 Å². The van der Waals surface area contributed by atoms with Gasteiger partial charge in [0.25, 0.3) is 5.91 Å². The number of hydrogen-bond donors (Lipinski definition) is 2. The van der Waals surface area contributed by atoms with Crippen molar-refractivity contribution in [3.63, 3.8) is 0 Å². The third kappa shape index (κ3) is 5.07. The zero-order valence-electron chi connectivity index (χ0n) is 14.4. The summed E-state index contributed by atoms with van der Waals surface area (Å²) in [7, 11) is 3.03. The molecule has 8 nitrogen and oxygen atoms in total. The summed E-state index contributed by atoms with van der Waals surface area (Å²) in [6, 6.07) is 3.20. The van der Waals surface area contributed by atoms with Crippen molar-refractivity contribution in [2.75, 3.05) is 39.6 Å². The van der Waals surface area contributed by atoms with Crippen LogP contribution in [-0.2, 0) is 11.3 Å². The molecule has 3 N–H and O–H groups in total. The largest absolute Gasteiger partial charge is 0.760 e. The van der Waals surface area contributed by atoms with Crippen LogP contribution in [0.15, 0.2) is 12.1 Å². The Morgan fingerprint density at radius 2 is 1.92 bits per heavy atom. The number of rotatable bonds is 7. The molecule has 1 aromatic carbocycles. The Labute approximate surface area is 150 Å². The molecule has 0 spiro atoms. The molecule has 0 aliphatic carbocycles. The lowest BCUT2D eigenvalue weighted by molar-refractivity contribution is 0.0688. The Balaban J connectivity index is 1.97. The van der Waals surface area contributed by atoms with Crippen LogP contribution in [-0.4, -0.2) is 53.4 Å². The second-order valence-corrected chi connectivity index (χ2v) is 6.71. The van der Waals surface area contributed by atoms with E-state index in [0.717, 1.165) is 19.3 Å². The van der Waals surface area contributed by atoms with Gasteiger partial charge >= 0.3 is 0 Å². The normalized spacial score (nSPS) is 16.5. The molecule has 1 aromatic rings. The van der Waals surface area contributed by atoms with Crippen LogP contribution in [0.2, 0.25) is 0 Å². The van der Waals surface area contributed by atoms with E-state index < -0.39 is 11.3 Å². The summed E-state index contributed by atoms with van der Waals surface area (Å²) < 4.78 is 33.8. The van der Waals surface area contributed by atoms with Gasteiger partial charge in [0.05, 0.1) is 19.8 Å². The van der Waals surface area contributed by atoms with Crippen LogP contribution in [0.1, 0.15) is 29.6 Å². The van der Waals surface area contributed by atoms with E-state index in [2.05, 4.69) is 4.72 Å². The number of amides is 1. The molecule has 1 fully saturated rings. The Kier molecular flexibility index (Phi) is 7.03. The monoisotopic (exact) mass is 370 g/mol. The molecule has 1 unspecified atom stereocenters. The molecule has 0 aromatic heterocycles. The average molecular weight is 370 g/mol. The molecule has 1 atom stereocenters. The van der Waals surface area contributed by atoms with Crippen molar-refractivity contribution >= 4 is 22.9 Å². The molecule has 1 aliphatic heterocycles. The van der Waals surface area contributed by atoms with E-state index in [1.807, 2.05) is 0 Å². The van der Waals surface area contributed by atoms with E-state index in [0.29, 0.717) is 48.3 Å². The predicted molar refractivity (Wildman–Crippen MR) is 94.1 cm³/mol. The highest BCUT2D eigenvalue weighted by atomic mass is 32.2.